The summed E-state index contributed by atoms with van der Waals surface area (Å²) in [6.07, 6.45) is 1.14. The van der Waals surface area contributed by atoms with Crippen LogP contribution in [0.5, 0.6) is 0 Å². The molecule has 0 aromatic rings. The molecule has 0 unspecified atom stereocenters. The monoisotopic (exact) mass is 156 g/mol. The Morgan fingerprint density at radius 3 is 2.73 bits per heavy atom. The van der Waals surface area contributed by atoms with Crippen LogP contribution >= 0.6 is 0 Å². The van der Waals surface area contributed by atoms with Gasteiger partial charge in [0.25, 0.3) is 0 Å². The number of rotatable bonds is 2. The Kier molecular flexibility index (Phi) is 2.88. The highest BCUT2D eigenvalue weighted by molar-refractivity contribution is 5.78. The molecule has 3 heteroatoms. The van der Waals surface area contributed by atoms with Gasteiger partial charge in [-0.05, 0) is 13.0 Å². The van der Waals surface area contributed by atoms with Gasteiger partial charge in [-0.25, -0.2) is 0 Å². The first-order chi connectivity index (χ1) is 5.24. The van der Waals surface area contributed by atoms with Gasteiger partial charge in [-0.15, -0.1) is 0 Å². The third-order valence-electron chi connectivity index (χ3n) is 2.08. The summed E-state index contributed by atoms with van der Waals surface area (Å²) in [5.74, 6) is 0.254. The van der Waals surface area contributed by atoms with Crippen LogP contribution in [-0.4, -0.2) is 48.9 Å². The molecule has 1 amide bonds. The first-order valence-electron chi connectivity index (χ1n) is 4.20. The van der Waals surface area contributed by atoms with Gasteiger partial charge in [-0.3, -0.25) is 9.69 Å². The molecule has 0 spiro atoms. The van der Waals surface area contributed by atoms with Crippen LogP contribution in [0.2, 0.25) is 0 Å². The van der Waals surface area contributed by atoms with Gasteiger partial charge in [0, 0.05) is 20.1 Å². The van der Waals surface area contributed by atoms with Crippen molar-refractivity contribution in [3.8, 4) is 0 Å². The molecular formula is C8H16N2O. The average Bonchev–Trinajstić information content (AvgIpc) is 1.98. The van der Waals surface area contributed by atoms with Crippen molar-refractivity contribution in [3.05, 3.63) is 0 Å². The SMILES string of the molecule is CCCN1CCN(C)C(=O)C1. The molecule has 1 fully saturated rings. The van der Waals surface area contributed by atoms with E-state index in [0.29, 0.717) is 6.54 Å². The molecule has 1 saturated heterocycles. The van der Waals surface area contributed by atoms with Crippen molar-refractivity contribution in [2.45, 2.75) is 13.3 Å². The summed E-state index contributed by atoms with van der Waals surface area (Å²) in [5.41, 5.74) is 0. The van der Waals surface area contributed by atoms with Gasteiger partial charge >= 0.3 is 0 Å². The second kappa shape index (κ2) is 3.72. The maximum atomic E-state index is 11.2. The van der Waals surface area contributed by atoms with Crippen LogP contribution in [0.3, 0.4) is 0 Å². The summed E-state index contributed by atoms with van der Waals surface area (Å²) in [4.78, 5) is 15.2. The molecule has 1 heterocycles. The van der Waals surface area contributed by atoms with Gasteiger partial charge in [-0.2, -0.15) is 0 Å². The molecule has 1 aliphatic rings. The molecule has 1 rings (SSSR count). The first-order valence-corrected chi connectivity index (χ1v) is 4.20. The van der Waals surface area contributed by atoms with E-state index >= 15 is 0 Å². The number of carbonyl (C=O) groups excluding carboxylic acids is 1. The largest absolute Gasteiger partial charge is 0.343 e. The van der Waals surface area contributed by atoms with Gasteiger partial charge < -0.3 is 4.90 Å². The molecule has 0 saturated carbocycles. The molecule has 1 aliphatic heterocycles. The molecule has 0 atom stereocenters. The lowest BCUT2D eigenvalue weighted by Gasteiger charge is -2.31. The summed E-state index contributed by atoms with van der Waals surface area (Å²) in [5, 5.41) is 0. The molecule has 3 nitrogen and oxygen atoms in total. The van der Waals surface area contributed by atoms with Gasteiger partial charge in [0.15, 0.2) is 0 Å². The molecule has 0 aromatic carbocycles. The molecule has 64 valence electrons. The maximum Gasteiger partial charge on any atom is 0.236 e. The van der Waals surface area contributed by atoms with Crippen molar-refractivity contribution in [2.24, 2.45) is 0 Å². The molecule has 0 bridgehead atoms. The predicted octanol–water partition coefficient (Wildman–Crippen LogP) is 0.170. The number of likely N-dealkylation sites (N-methyl/N-ethyl adjacent to an activating group) is 1. The van der Waals surface area contributed by atoms with Crippen molar-refractivity contribution in [2.75, 3.05) is 33.2 Å². The highest BCUT2D eigenvalue weighted by Crippen LogP contribution is 2.00. The fraction of sp³-hybridized carbons (Fsp3) is 0.875. The Balaban J connectivity index is 2.34. The zero-order valence-electron chi connectivity index (χ0n) is 7.34. The molecular weight excluding hydrogens is 140 g/mol. The van der Waals surface area contributed by atoms with Crippen molar-refractivity contribution in [1.29, 1.82) is 0 Å². The number of piperazine rings is 1. The number of carbonyl (C=O) groups is 1. The van der Waals surface area contributed by atoms with E-state index in [2.05, 4.69) is 11.8 Å². The zero-order chi connectivity index (χ0) is 8.27. The van der Waals surface area contributed by atoms with Gasteiger partial charge in [0.1, 0.15) is 0 Å². The fourth-order valence-electron chi connectivity index (χ4n) is 1.31. The second-order valence-corrected chi connectivity index (χ2v) is 3.09. The predicted molar refractivity (Wildman–Crippen MR) is 44.4 cm³/mol. The number of nitrogens with zero attached hydrogens (tertiary/aromatic N) is 2. The topological polar surface area (TPSA) is 23.6 Å². The van der Waals surface area contributed by atoms with Gasteiger partial charge in [-0.1, -0.05) is 6.92 Å². The minimum atomic E-state index is 0.254. The highest BCUT2D eigenvalue weighted by atomic mass is 16.2. The number of amides is 1. The Hall–Kier alpha value is -0.570. The van der Waals surface area contributed by atoms with Gasteiger partial charge in [0.05, 0.1) is 6.54 Å². The Labute approximate surface area is 68.0 Å². The summed E-state index contributed by atoms with van der Waals surface area (Å²) in [6.45, 7) is 5.74. The van der Waals surface area contributed by atoms with Crippen LogP contribution in [0.25, 0.3) is 0 Å². The van der Waals surface area contributed by atoms with Crippen LogP contribution in [0.4, 0.5) is 0 Å². The van der Waals surface area contributed by atoms with Crippen molar-refractivity contribution < 1.29 is 4.79 Å². The maximum absolute atomic E-state index is 11.2. The minimum absolute atomic E-state index is 0.254. The van der Waals surface area contributed by atoms with Crippen molar-refractivity contribution in [1.82, 2.24) is 9.80 Å². The van der Waals surface area contributed by atoms with Gasteiger partial charge in [0.2, 0.25) is 5.91 Å². The molecule has 0 radical (unpaired) electrons. The molecule has 11 heavy (non-hydrogen) atoms. The lowest BCUT2D eigenvalue weighted by Crippen LogP contribution is -2.48. The first kappa shape index (κ1) is 8.53. The highest BCUT2D eigenvalue weighted by Gasteiger charge is 2.19. The molecule has 0 N–H and O–H groups in total. The Morgan fingerprint density at radius 2 is 2.18 bits per heavy atom. The Bertz CT molecular complexity index is 147. The summed E-state index contributed by atoms with van der Waals surface area (Å²) < 4.78 is 0. The summed E-state index contributed by atoms with van der Waals surface area (Å²) in [7, 11) is 1.87. The lowest BCUT2D eigenvalue weighted by molar-refractivity contribution is -0.134. The van der Waals surface area contributed by atoms with E-state index in [1.54, 1.807) is 4.90 Å². The van der Waals surface area contributed by atoms with E-state index in [9.17, 15) is 4.79 Å². The Morgan fingerprint density at radius 1 is 1.45 bits per heavy atom. The second-order valence-electron chi connectivity index (χ2n) is 3.09. The van der Waals surface area contributed by atoms with Crippen molar-refractivity contribution >= 4 is 5.91 Å². The van der Waals surface area contributed by atoms with E-state index < -0.39 is 0 Å². The number of hydrogen-bond donors (Lipinski definition) is 0. The van der Waals surface area contributed by atoms with E-state index in [-0.39, 0.29) is 5.91 Å². The van der Waals surface area contributed by atoms with E-state index in [4.69, 9.17) is 0 Å². The molecule has 0 aromatic heterocycles. The minimum Gasteiger partial charge on any atom is -0.343 e. The standard InChI is InChI=1S/C8H16N2O/c1-3-4-10-6-5-9(2)8(11)7-10/h3-7H2,1-2H3. The third-order valence-corrected chi connectivity index (χ3v) is 2.08. The molecule has 0 aliphatic carbocycles. The average molecular weight is 156 g/mol. The van der Waals surface area contributed by atoms with Crippen LogP contribution < -0.4 is 0 Å². The quantitative estimate of drug-likeness (QED) is 0.569. The van der Waals surface area contributed by atoms with Crippen LogP contribution in [0, 0.1) is 0 Å². The van der Waals surface area contributed by atoms with E-state index in [1.807, 2.05) is 7.05 Å². The van der Waals surface area contributed by atoms with E-state index in [1.165, 1.54) is 0 Å². The number of hydrogen-bond acceptors (Lipinski definition) is 2. The van der Waals surface area contributed by atoms with Crippen LogP contribution in [0.1, 0.15) is 13.3 Å². The van der Waals surface area contributed by atoms with E-state index in [0.717, 1.165) is 26.1 Å². The smallest absolute Gasteiger partial charge is 0.236 e. The van der Waals surface area contributed by atoms with Crippen LogP contribution in [-0.2, 0) is 4.79 Å². The van der Waals surface area contributed by atoms with Crippen LogP contribution in [0.15, 0.2) is 0 Å². The summed E-state index contributed by atoms with van der Waals surface area (Å²) in [6, 6.07) is 0. The fourth-order valence-corrected chi connectivity index (χ4v) is 1.31. The zero-order valence-corrected chi connectivity index (χ0v) is 7.34. The normalized spacial score (nSPS) is 20.9. The lowest BCUT2D eigenvalue weighted by atomic mass is 10.3. The van der Waals surface area contributed by atoms with Crippen molar-refractivity contribution in [3.63, 3.8) is 0 Å². The third kappa shape index (κ3) is 2.19. The summed E-state index contributed by atoms with van der Waals surface area (Å²) >= 11 is 0.